The highest BCUT2D eigenvalue weighted by Gasteiger charge is 2.23. The van der Waals surface area contributed by atoms with Crippen molar-refractivity contribution in [3.05, 3.63) is 59.4 Å². The normalized spacial score (nSPS) is 12.4. The fraction of sp³-hybridized carbons (Fsp3) is 0.333. The minimum absolute atomic E-state index is 0.0438. The number of aromatic nitrogens is 2. The molecule has 3 rings (SSSR count). The molecule has 11 heteroatoms. The second kappa shape index (κ2) is 11.7. The summed E-state index contributed by atoms with van der Waals surface area (Å²) in [5.41, 5.74) is 0.943. The number of carbonyl (C=O) groups excluding carboxylic acids is 1. The second-order valence-electron chi connectivity index (χ2n) is 7.78. The van der Waals surface area contributed by atoms with E-state index in [1.807, 2.05) is 19.9 Å². The molecule has 0 amide bonds. The third kappa shape index (κ3) is 5.95. The van der Waals surface area contributed by atoms with Gasteiger partial charge in [-0.25, -0.2) is 9.78 Å². The second-order valence-corrected chi connectivity index (χ2v) is 10.3. The largest absolute Gasteiger partial charge is 0.493 e. The topological polar surface area (TPSA) is 92.0 Å². The molecule has 3 aromatic rings. The van der Waals surface area contributed by atoms with Gasteiger partial charge < -0.3 is 14.2 Å². The van der Waals surface area contributed by atoms with Crippen molar-refractivity contribution in [1.82, 2.24) is 9.66 Å². The molecule has 1 atom stereocenters. The number of methoxy groups -OCH3 is 1. The van der Waals surface area contributed by atoms with Gasteiger partial charge in [-0.15, -0.1) is 0 Å². The van der Waals surface area contributed by atoms with E-state index in [0.717, 1.165) is 4.47 Å². The van der Waals surface area contributed by atoms with Gasteiger partial charge in [0.1, 0.15) is 5.82 Å². The fourth-order valence-electron chi connectivity index (χ4n) is 3.22. The molecule has 0 unspecified atom stereocenters. The van der Waals surface area contributed by atoms with Crippen molar-refractivity contribution in [3.63, 3.8) is 0 Å². The number of esters is 1. The van der Waals surface area contributed by atoms with E-state index in [4.69, 9.17) is 14.2 Å². The summed E-state index contributed by atoms with van der Waals surface area (Å²) >= 11 is 10.5. The van der Waals surface area contributed by atoms with E-state index >= 15 is 0 Å². The first kappa shape index (κ1) is 27.3. The van der Waals surface area contributed by atoms with Crippen LogP contribution in [0.1, 0.15) is 45.0 Å². The van der Waals surface area contributed by atoms with Gasteiger partial charge in [0, 0.05) is 20.4 Å². The molecule has 186 valence electrons. The lowest BCUT2D eigenvalue weighted by molar-refractivity contribution is -0.150. The molecule has 0 aliphatic rings. The standard InChI is InChI=1S/C24H24Br3N3O5/c1-6-34-24(32)13(4)35-21-18(33-5)9-14(19(26)20(21)27)11-28-30-22(12(2)3)29-17-8-7-15(25)10-16(17)23(30)31/h7-13H,6H2,1-5H3/t13-/m1/s1. The summed E-state index contributed by atoms with van der Waals surface area (Å²) in [6.45, 7) is 7.47. The maximum atomic E-state index is 13.3. The Balaban J connectivity index is 2.08. The molecular weight excluding hydrogens is 650 g/mol. The molecule has 0 N–H and O–H groups in total. The number of carbonyl (C=O) groups is 1. The van der Waals surface area contributed by atoms with Gasteiger partial charge in [0.25, 0.3) is 5.56 Å². The maximum Gasteiger partial charge on any atom is 0.347 e. The zero-order valence-electron chi connectivity index (χ0n) is 19.8. The van der Waals surface area contributed by atoms with Crippen molar-refractivity contribution < 1.29 is 19.0 Å². The average Bonchev–Trinajstić information content (AvgIpc) is 2.82. The molecule has 2 aromatic carbocycles. The van der Waals surface area contributed by atoms with E-state index in [1.54, 1.807) is 32.0 Å². The third-order valence-corrected chi connectivity index (χ3v) is 7.59. The van der Waals surface area contributed by atoms with Crippen LogP contribution in [0.25, 0.3) is 10.9 Å². The highest BCUT2D eigenvalue weighted by molar-refractivity contribution is 9.13. The number of benzene rings is 2. The highest BCUT2D eigenvalue weighted by Crippen LogP contribution is 2.42. The van der Waals surface area contributed by atoms with E-state index in [1.165, 1.54) is 18.0 Å². The SMILES string of the molecule is CCOC(=O)[C@@H](C)Oc1c(OC)cc(C=Nn2c(C(C)C)nc3ccc(Br)cc3c2=O)c(Br)c1Br. The van der Waals surface area contributed by atoms with Crippen molar-refractivity contribution >= 4 is 70.9 Å². The average molecular weight is 674 g/mol. The zero-order chi connectivity index (χ0) is 25.9. The number of fused-ring (bicyclic) bond motifs is 1. The number of nitrogens with zero attached hydrogens (tertiary/aromatic N) is 3. The Bertz CT molecular complexity index is 1350. The smallest absolute Gasteiger partial charge is 0.347 e. The number of rotatable bonds is 8. The van der Waals surface area contributed by atoms with E-state index < -0.39 is 12.1 Å². The Kier molecular flexibility index (Phi) is 9.11. The van der Waals surface area contributed by atoms with Crippen LogP contribution >= 0.6 is 47.8 Å². The summed E-state index contributed by atoms with van der Waals surface area (Å²) in [5.74, 6) is 0.701. The highest BCUT2D eigenvalue weighted by atomic mass is 79.9. The predicted octanol–water partition coefficient (Wildman–Crippen LogP) is 6.03. The van der Waals surface area contributed by atoms with Crippen LogP contribution in [0.2, 0.25) is 0 Å². The maximum absolute atomic E-state index is 13.3. The summed E-state index contributed by atoms with van der Waals surface area (Å²) in [7, 11) is 1.49. The summed E-state index contributed by atoms with van der Waals surface area (Å²) in [4.78, 5) is 30.0. The van der Waals surface area contributed by atoms with Crippen LogP contribution in [-0.2, 0) is 9.53 Å². The molecule has 0 radical (unpaired) electrons. The number of hydrogen-bond donors (Lipinski definition) is 0. The lowest BCUT2D eigenvalue weighted by Crippen LogP contribution is -2.26. The van der Waals surface area contributed by atoms with Gasteiger partial charge in [-0.1, -0.05) is 29.8 Å². The summed E-state index contributed by atoms with van der Waals surface area (Å²) in [5, 5.41) is 4.93. The minimum atomic E-state index is -0.846. The molecule has 8 nitrogen and oxygen atoms in total. The zero-order valence-corrected chi connectivity index (χ0v) is 24.5. The monoisotopic (exact) mass is 671 g/mol. The molecule has 0 aliphatic heterocycles. The molecule has 0 fully saturated rings. The van der Waals surface area contributed by atoms with E-state index in [9.17, 15) is 9.59 Å². The lowest BCUT2D eigenvalue weighted by atomic mass is 10.2. The summed E-state index contributed by atoms with van der Waals surface area (Å²) < 4.78 is 19.5. The Morgan fingerprint density at radius 1 is 1.17 bits per heavy atom. The van der Waals surface area contributed by atoms with Gasteiger partial charge in [-0.3, -0.25) is 4.79 Å². The molecule has 0 saturated heterocycles. The summed E-state index contributed by atoms with van der Waals surface area (Å²) in [6, 6.07) is 7.07. The molecule has 0 aliphatic carbocycles. The van der Waals surface area contributed by atoms with Gasteiger partial charge >= 0.3 is 5.97 Å². The minimum Gasteiger partial charge on any atom is -0.493 e. The Morgan fingerprint density at radius 3 is 2.51 bits per heavy atom. The van der Waals surface area contributed by atoms with Crippen molar-refractivity contribution in [1.29, 1.82) is 0 Å². The van der Waals surface area contributed by atoms with Crippen molar-refractivity contribution in [2.75, 3.05) is 13.7 Å². The number of ether oxygens (including phenoxy) is 3. The molecular formula is C24H24Br3N3O5. The van der Waals surface area contributed by atoms with Crippen LogP contribution in [0.4, 0.5) is 0 Å². The molecule has 1 aromatic heterocycles. The van der Waals surface area contributed by atoms with Gasteiger partial charge in [0.2, 0.25) is 0 Å². The van der Waals surface area contributed by atoms with E-state index in [-0.39, 0.29) is 18.1 Å². The first-order valence-corrected chi connectivity index (χ1v) is 13.1. The van der Waals surface area contributed by atoms with Gasteiger partial charge in [0.05, 0.1) is 35.3 Å². The van der Waals surface area contributed by atoms with Crippen LogP contribution in [-0.4, -0.2) is 41.7 Å². The molecule has 0 spiro atoms. The number of halogens is 3. The van der Waals surface area contributed by atoms with Gasteiger partial charge in [-0.2, -0.15) is 9.78 Å². The number of hydrogen-bond acceptors (Lipinski definition) is 7. The fourth-order valence-corrected chi connectivity index (χ4v) is 4.49. The van der Waals surface area contributed by atoms with Crippen molar-refractivity contribution in [2.45, 2.75) is 39.7 Å². The Morgan fingerprint density at radius 2 is 1.89 bits per heavy atom. The van der Waals surface area contributed by atoms with Crippen molar-refractivity contribution in [3.8, 4) is 11.5 Å². The lowest BCUT2D eigenvalue weighted by Gasteiger charge is -2.18. The Hall–Kier alpha value is -2.24. The van der Waals surface area contributed by atoms with Crippen LogP contribution in [0.3, 0.4) is 0 Å². The first-order valence-electron chi connectivity index (χ1n) is 10.7. The third-order valence-electron chi connectivity index (χ3n) is 4.95. The molecule has 35 heavy (non-hydrogen) atoms. The van der Waals surface area contributed by atoms with Crippen LogP contribution in [0, 0.1) is 0 Å². The van der Waals surface area contributed by atoms with Gasteiger partial charge in [0.15, 0.2) is 17.6 Å². The predicted molar refractivity (Wildman–Crippen MR) is 146 cm³/mol. The molecule has 0 saturated carbocycles. The van der Waals surface area contributed by atoms with E-state index in [2.05, 4.69) is 57.9 Å². The Labute approximate surface area is 228 Å². The van der Waals surface area contributed by atoms with Crippen LogP contribution in [0.5, 0.6) is 11.5 Å². The van der Waals surface area contributed by atoms with Crippen molar-refractivity contribution in [2.24, 2.45) is 5.10 Å². The van der Waals surface area contributed by atoms with Crippen LogP contribution in [0.15, 0.2) is 47.6 Å². The molecule has 0 bridgehead atoms. The first-order chi connectivity index (χ1) is 16.6. The molecule has 1 heterocycles. The summed E-state index contributed by atoms with van der Waals surface area (Å²) in [6.07, 6.45) is 0.691. The van der Waals surface area contributed by atoms with E-state index in [0.29, 0.717) is 42.7 Å². The van der Waals surface area contributed by atoms with Gasteiger partial charge in [-0.05, 0) is 70.0 Å². The quantitative estimate of drug-likeness (QED) is 0.214. The van der Waals surface area contributed by atoms with Crippen LogP contribution < -0.4 is 15.0 Å².